The maximum absolute atomic E-state index is 11.9. The van der Waals surface area contributed by atoms with E-state index in [1.165, 1.54) is 0 Å². The molecule has 2 rings (SSSR count). The van der Waals surface area contributed by atoms with Crippen molar-refractivity contribution >= 4 is 30.7 Å². The first-order valence-corrected chi connectivity index (χ1v) is 6.16. The summed E-state index contributed by atoms with van der Waals surface area (Å²) in [5, 5.41) is 6.22. The van der Waals surface area contributed by atoms with Gasteiger partial charge in [0.25, 0.3) is 0 Å². The molecule has 2 N–H and O–H groups in total. The van der Waals surface area contributed by atoms with Crippen molar-refractivity contribution < 1.29 is 4.79 Å². The average molecular weight is 306 g/mol. The Kier molecular flexibility index (Phi) is 8.72. The van der Waals surface area contributed by atoms with Crippen LogP contribution in [0, 0.1) is 12.8 Å². The monoisotopic (exact) mass is 305 g/mol. The Labute approximate surface area is 126 Å². The van der Waals surface area contributed by atoms with E-state index in [0.717, 1.165) is 37.2 Å². The normalized spacial score (nSPS) is 17.8. The second kappa shape index (κ2) is 9.13. The van der Waals surface area contributed by atoms with E-state index in [9.17, 15) is 4.79 Å². The summed E-state index contributed by atoms with van der Waals surface area (Å²) >= 11 is 0. The lowest BCUT2D eigenvalue weighted by Gasteiger charge is -2.21. The molecular formula is C13H21Cl2N3O. The highest BCUT2D eigenvalue weighted by atomic mass is 35.5. The highest BCUT2D eigenvalue weighted by molar-refractivity contribution is 5.85. The van der Waals surface area contributed by atoms with E-state index in [-0.39, 0.29) is 36.6 Å². The van der Waals surface area contributed by atoms with Crippen LogP contribution in [0.4, 0.5) is 0 Å². The summed E-state index contributed by atoms with van der Waals surface area (Å²) in [5.74, 6) is 0.259. The fourth-order valence-corrected chi connectivity index (χ4v) is 2.09. The molecule has 1 aromatic rings. The van der Waals surface area contributed by atoms with Crippen molar-refractivity contribution in [3.8, 4) is 0 Å². The largest absolute Gasteiger partial charge is 0.350 e. The molecule has 0 saturated carbocycles. The number of halogens is 2. The third-order valence-electron chi connectivity index (χ3n) is 3.22. The third-order valence-corrected chi connectivity index (χ3v) is 3.22. The van der Waals surface area contributed by atoms with E-state index >= 15 is 0 Å². The fourth-order valence-electron chi connectivity index (χ4n) is 2.09. The molecule has 1 fully saturated rings. The summed E-state index contributed by atoms with van der Waals surface area (Å²) in [5.41, 5.74) is 2.07. The minimum atomic E-state index is 0. The van der Waals surface area contributed by atoms with Gasteiger partial charge in [-0.25, -0.2) is 0 Å². The van der Waals surface area contributed by atoms with Crippen LogP contribution in [0.5, 0.6) is 0 Å². The summed E-state index contributed by atoms with van der Waals surface area (Å²) in [7, 11) is 0. The Balaban J connectivity index is 0.00000162. The van der Waals surface area contributed by atoms with Gasteiger partial charge in [0.15, 0.2) is 0 Å². The average Bonchev–Trinajstić information content (AvgIpc) is 2.38. The van der Waals surface area contributed by atoms with E-state index in [4.69, 9.17) is 0 Å². The van der Waals surface area contributed by atoms with Crippen LogP contribution in [0.25, 0.3) is 0 Å². The number of pyridine rings is 1. The van der Waals surface area contributed by atoms with Crippen LogP contribution in [0.2, 0.25) is 0 Å². The molecule has 1 aliphatic heterocycles. The summed E-state index contributed by atoms with van der Waals surface area (Å²) in [6, 6.07) is 3.92. The van der Waals surface area contributed by atoms with Crippen molar-refractivity contribution in [3.63, 3.8) is 0 Å². The molecule has 0 radical (unpaired) electrons. The Morgan fingerprint density at radius 3 is 2.95 bits per heavy atom. The van der Waals surface area contributed by atoms with Crippen LogP contribution >= 0.6 is 24.8 Å². The maximum atomic E-state index is 11.9. The molecule has 0 bridgehead atoms. The predicted octanol–water partition coefficient (Wildman–Crippen LogP) is 1.85. The topological polar surface area (TPSA) is 54.0 Å². The highest BCUT2D eigenvalue weighted by Crippen LogP contribution is 2.10. The van der Waals surface area contributed by atoms with Gasteiger partial charge in [-0.2, -0.15) is 0 Å². The SMILES string of the molecule is Cc1cccnc1CNC(=O)[C@@H]1CCCNC1.Cl.Cl. The number of carbonyl (C=O) groups excluding carboxylic acids is 1. The summed E-state index contributed by atoms with van der Waals surface area (Å²) in [6.45, 7) is 4.37. The van der Waals surface area contributed by atoms with Gasteiger partial charge in [-0.3, -0.25) is 9.78 Å². The number of amides is 1. The quantitative estimate of drug-likeness (QED) is 0.896. The van der Waals surface area contributed by atoms with Gasteiger partial charge in [0.2, 0.25) is 5.91 Å². The van der Waals surface area contributed by atoms with Crippen LogP contribution in [0.3, 0.4) is 0 Å². The van der Waals surface area contributed by atoms with Gasteiger partial charge in [-0.1, -0.05) is 6.07 Å². The molecule has 2 heterocycles. The molecule has 108 valence electrons. The fraction of sp³-hybridized carbons (Fsp3) is 0.538. The molecule has 6 heteroatoms. The molecule has 0 aromatic carbocycles. The molecule has 1 atom stereocenters. The summed E-state index contributed by atoms with van der Waals surface area (Å²) < 4.78 is 0. The molecule has 0 aliphatic carbocycles. The number of nitrogens with one attached hydrogen (secondary N) is 2. The number of hydrogen-bond acceptors (Lipinski definition) is 3. The smallest absolute Gasteiger partial charge is 0.224 e. The zero-order valence-corrected chi connectivity index (χ0v) is 12.6. The number of piperidine rings is 1. The first-order valence-electron chi connectivity index (χ1n) is 6.16. The lowest BCUT2D eigenvalue weighted by atomic mass is 9.99. The number of hydrogen-bond donors (Lipinski definition) is 2. The first kappa shape index (κ1) is 18.2. The van der Waals surface area contributed by atoms with Crippen LogP contribution < -0.4 is 10.6 Å². The van der Waals surface area contributed by atoms with E-state index in [2.05, 4.69) is 15.6 Å². The molecule has 0 spiro atoms. The second-order valence-electron chi connectivity index (χ2n) is 4.53. The highest BCUT2D eigenvalue weighted by Gasteiger charge is 2.20. The van der Waals surface area contributed by atoms with Gasteiger partial charge in [0, 0.05) is 12.7 Å². The standard InChI is InChI=1S/C13H19N3O.2ClH/c1-10-4-2-7-15-12(10)9-16-13(17)11-5-3-6-14-8-11;;/h2,4,7,11,14H,3,5-6,8-9H2,1H3,(H,16,17);2*1H/t11-;;/m1../s1. The number of carbonyl (C=O) groups is 1. The summed E-state index contributed by atoms with van der Waals surface area (Å²) in [6.07, 6.45) is 3.83. The molecule has 1 aliphatic rings. The molecule has 1 amide bonds. The lowest BCUT2D eigenvalue weighted by molar-refractivity contribution is -0.125. The molecular weight excluding hydrogens is 285 g/mol. The first-order chi connectivity index (χ1) is 8.27. The van der Waals surface area contributed by atoms with Gasteiger partial charge in [-0.05, 0) is 37.9 Å². The zero-order chi connectivity index (χ0) is 12.1. The van der Waals surface area contributed by atoms with Crippen molar-refractivity contribution in [3.05, 3.63) is 29.6 Å². The molecule has 0 unspecified atom stereocenters. The number of nitrogens with zero attached hydrogens (tertiary/aromatic N) is 1. The van der Waals surface area contributed by atoms with Crippen molar-refractivity contribution in [2.45, 2.75) is 26.3 Å². The van der Waals surface area contributed by atoms with Crippen LogP contribution in [-0.4, -0.2) is 24.0 Å². The van der Waals surface area contributed by atoms with Crippen LogP contribution in [-0.2, 0) is 11.3 Å². The Bertz CT molecular complexity index is 395. The molecule has 4 nitrogen and oxygen atoms in total. The van der Waals surface area contributed by atoms with Gasteiger partial charge in [-0.15, -0.1) is 24.8 Å². The summed E-state index contributed by atoms with van der Waals surface area (Å²) in [4.78, 5) is 16.2. The predicted molar refractivity (Wildman–Crippen MR) is 80.9 cm³/mol. The van der Waals surface area contributed by atoms with E-state index in [1.54, 1.807) is 6.20 Å². The van der Waals surface area contributed by atoms with Crippen molar-refractivity contribution in [2.24, 2.45) is 5.92 Å². The van der Waals surface area contributed by atoms with Gasteiger partial charge in [0.1, 0.15) is 0 Å². The van der Waals surface area contributed by atoms with E-state index in [1.807, 2.05) is 19.1 Å². The third kappa shape index (κ3) is 5.35. The number of aryl methyl sites for hydroxylation is 1. The minimum Gasteiger partial charge on any atom is -0.350 e. The molecule has 19 heavy (non-hydrogen) atoms. The van der Waals surface area contributed by atoms with Crippen LogP contribution in [0.15, 0.2) is 18.3 Å². The van der Waals surface area contributed by atoms with Crippen molar-refractivity contribution in [2.75, 3.05) is 13.1 Å². The number of rotatable bonds is 3. The van der Waals surface area contributed by atoms with Crippen molar-refractivity contribution in [1.29, 1.82) is 0 Å². The van der Waals surface area contributed by atoms with Gasteiger partial charge in [0.05, 0.1) is 18.2 Å². The second-order valence-corrected chi connectivity index (χ2v) is 4.53. The number of aromatic nitrogens is 1. The van der Waals surface area contributed by atoms with E-state index in [0.29, 0.717) is 6.54 Å². The molecule has 1 aromatic heterocycles. The minimum absolute atomic E-state index is 0. The lowest BCUT2D eigenvalue weighted by Crippen LogP contribution is -2.40. The zero-order valence-electron chi connectivity index (χ0n) is 11.0. The van der Waals surface area contributed by atoms with Gasteiger partial charge < -0.3 is 10.6 Å². The Morgan fingerprint density at radius 2 is 2.32 bits per heavy atom. The van der Waals surface area contributed by atoms with E-state index < -0.39 is 0 Å². The van der Waals surface area contributed by atoms with Crippen molar-refractivity contribution in [1.82, 2.24) is 15.6 Å². The Morgan fingerprint density at radius 1 is 1.53 bits per heavy atom. The maximum Gasteiger partial charge on any atom is 0.224 e. The van der Waals surface area contributed by atoms with Crippen LogP contribution in [0.1, 0.15) is 24.1 Å². The Hall–Kier alpha value is -0.840. The molecule has 1 saturated heterocycles. The van der Waals surface area contributed by atoms with Gasteiger partial charge >= 0.3 is 0 Å².